The van der Waals surface area contributed by atoms with Gasteiger partial charge in [0.1, 0.15) is 5.82 Å². The van der Waals surface area contributed by atoms with Crippen molar-refractivity contribution in [3.63, 3.8) is 0 Å². The van der Waals surface area contributed by atoms with Gasteiger partial charge in [0, 0.05) is 63.8 Å². The number of aromatic nitrogens is 2. The molecule has 2 aromatic rings. The zero-order valence-corrected chi connectivity index (χ0v) is 17.7. The molecule has 0 N–H and O–H groups in total. The molecule has 156 valence electrons. The van der Waals surface area contributed by atoms with Crippen molar-refractivity contribution in [1.29, 1.82) is 0 Å². The van der Waals surface area contributed by atoms with E-state index in [1.165, 1.54) is 38.0 Å². The first kappa shape index (κ1) is 20.4. The predicted octanol–water partition coefficient (Wildman–Crippen LogP) is 3.05. The van der Waals surface area contributed by atoms with Gasteiger partial charge in [-0.05, 0) is 50.2 Å². The average Bonchev–Trinajstić information content (AvgIpc) is 3.13. The second-order valence-electron chi connectivity index (χ2n) is 8.01. The smallest absolute Gasteiger partial charge is 0.223 e. The summed E-state index contributed by atoms with van der Waals surface area (Å²) in [6.45, 7) is 7.57. The van der Waals surface area contributed by atoms with Gasteiger partial charge in [0.05, 0.1) is 5.02 Å². The van der Waals surface area contributed by atoms with Crippen molar-refractivity contribution in [1.82, 2.24) is 24.3 Å². The number of carbonyl (C=O) groups excluding carboxylic acids is 1. The molecule has 2 aromatic heterocycles. The van der Waals surface area contributed by atoms with E-state index in [4.69, 9.17) is 11.6 Å². The van der Waals surface area contributed by atoms with Crippen LogP contribution in [0.5, 0.6) is 0 Å². The van der Waals surface area contributed by atoms with E-state index in [0.717, 1.165) is 45.1 Å². The Bertz CT molecular complexity index is 800. The van der Waals surface area contributed by atoms with E-state index in [-0.39, 0.29) is 0 Å². The number of hydrogen-bond donors (Lipinski definition) is 0. The zero-order valence-electron chi connectivity index (χ0n) is 17.0. The minimum absolute atomic E-state index is 0.291. The van der Waals surface area contributed by atoms with Crippen molar-refractivity contribution in [2.75, 3.05) is 45.8 Å². The highest BCUT2D eigenvalue weighted by atomic mass is 35.5. The number of piperidine rings is 1. The minimum Gasteiger partial charge on any atom is -0.340 e. The van der Waals surface area contributed by atoms with Crippen molar-refractivity contribution in [2.45, 2.75) is 32.2 Å². The molecule has 0 spiro atoms. The molecule has 2 saturated heterocycles. The Balaban J connectivity index is 1.33. The fourth-order valence-corrected chi connectivity index (χ4v) is 4.37. The molecule has 4 rings (SSSR count). The molecule has 0 saturated carbocycles. The van der Waals surface area contributed by atoms with Crippen LogP contribution in [0.1, 0.15) is 31.4 Å². The van der Waals surface area contributed by atoms with Crippen LogP contribution in [0.25, 0.3) is 5.82 Å². The van der Waals surface area contributed by atoms with Gasteiger partial charge in [-0.15, -0.1) is 0 Å². The number of hydrogen-bond acceptors (Lipinski definition) is 4. The van der Waals surface area contributed by atoms with Gasteiger partial charge >= 0.3 is 0 Å². The molecular weight excluding hydrogens is 386 g/mol. The Hall–Kier alpha value is -1.89. The van der Waals surface area contributed by atoms with Crippen LogP contribution in [-0.2, 0) is 11.3 Å². The van der Waals surface area contributed by atoms with Crippen LogP contribution in [0.3, 0.4) is 0 Å². The molecule has 29 heavy (non-hydrogen) atoms. The van der Waals surface area contributed by atoms with Gasteiger partial charge in [0.15, 0.2) is 0 Å². The van der Waals surface area contributed by atoms with Gasteiger partial charge in [-0.25, -0.2) is 4.98 Å². The monoisotopic (exact) mass is 415 g/mol. The normalized spacial score (nSPS) is 19.5. The van der Waals surface area contributed by atoms with E-state index in [1.807, 2.05) is 24.4 Å². The highest BCUT2D eigenvalue weighted by molar-refractivity contribution is 6.30. The maximum Gasteiger partial charge on any atom is 0.223 e. The fraction of sp³-hybridized carbons (Fsp3) is 0.545. The van der Waals surface area contributed by atoms with Crippen molar-refractivity contribution in [3.05, 3.63) is 47.4 Å². The summed E-state index contributed by atoms with van der Waals surface area (Å²) >= 11 is 5.97. The number of rotatable bonds is 6. The third-order valence-electron chi connectivity index (χ3n) is 5.99. The molecule has 0 bridgehead atoms. The van der Waals surface area contributed by atoms with E-state index >= 15 is 0 Å². The lowest BCUT2D eigenvalue weighted by molar-refractivity contribution is -0.130. The summed E-state index contributed by atoms with van der Waals surface area (Å²) < 4.78 is 2.09. The number of halogens is 1. The first-order valence-electron chi connectivity index (χ1n) is 10.7. The summed E-state index contributed by atoms with van der Waals surface area (Å²) in [5.74, 6) is 1.16. The van der Waals surface area contributed by atoms with Crippen molar-refractivity contribution in [2.24, 2.45) is 0 Å². The van der Waals surface area contributed by atoms with Crippen LogP contribution in [0.2, 0.25) is 5.02 Å². The van der Waals surface area contributed by atoms with Crippen LogP contribution in [-0.4, -0.2) is 76.0 Å². The van der Waals surface area contributed by atoms with Crippen LogP contribution in [0, 0.1) is 0 Å². The molecule has 0 atom stereocenters. The molecular formula is C22H30ClN5O. The largest absolute Gasteiger partial charge is 0.340 e. The predicted molar refractivity (Wildman–Crippen MR) is 115 cm³/mol. The molecule has 7 heteroatoms. The zero-order chi connectivity index (χ0) is 20.1. The molecule has 0 unspecified atom stereocenters. The Morgan fingerprint density at radius 2 is 1.79 bits per heavy atom. The number of pyridine rings is 1. The fourth-order valence-electron chi connectivity index (χ4n) is 4.26. The number of carbonyl (C=O) groups is 1. The summed E-state index contributed by atoms with van der Waals surface area (Å²) in [6, 6.07) is 7.95. The molecule has 4 heterocycles. The van der Waals surface area contributed by atoms with Crippen LogP contribution >= 0.6 is 11.6 Å². The van der Waals surface area contributed by atoms with Gasteiger partial charge in [-0.2, -0.15) is 0 Å². The second-order valence-corrected chi connectivity index (χ2v) is 8.45. The van der Waals surface area contributed by atoms with Gasteiger partial charge in [0.2, 0.25) is 5.91 Å². The summed E-state index contributed by atoms with van der Waals surface area (Å²) in [5, 5.41) is 0.637. The maximum atomic E-state index is 12.6. The molecule has 2 aliphatic heterocycles. The van der Waals surface area contributed by atoms with Gasteiger partial charge in [-0.3, -0.25) is 9.69 Å². The molecule has 0 aromatic carbocycles. The lowest BCUT2D eigenvalue weighted by atomic mass is 10.1. The second kappa shape index (κ2) is 9.74. The van der Waals surface area contributed by atoms with E-state index in [9.17, 15) is 4.79 Å². The van der Waals surface area contributed by atoms with Crippen LogP contribution in [0.4, 0.5) is 0 Å². The Labute approximate surface area is 178 Å². The number of amides is 1. The van der Waals surface area contributed by atoms with Gasteiger partial charge in [-0.1, -0.05) is 18.0 Å². The van der Waals surface area contributed by atoms with Crippen molar-refractivity contribution in [3.8, 4) is 5.82 Å². The molecule has 2 fully saturated rings. The SMILES string of the molecule is O=C1CCN(Cc2cccn2-c2ccc(Cl)cn2)CCN1CCN1CCCCC1. The molecule has 0 radical (unpaired) electrons. The molecule has 0 aliphatic carbocycles. The highest BCUT2D eigenvalue weighted by Crippen LogP contribution is 2.16. The topological polar surface area (TPSA) is 44.6 Å². The lowest BCUT2D eigenvalue weighted by Crippen LogP contribution is -2.41. The van der Waals surface area contributed by atoms with E-state index in [1.54, 1.807) is 6.20 Å². The van der Waals surface area contributed by atoms with Gasteiger partial charge < -0.3 is 14.4 Å². The van der Waals surface area contributed by atoms with Gasteiger partial charge in [0.25, 0.3) is 0 Å². The Morgan fingerprint density at radius 3 is 2.59 bits per heavy atom. The van der Waals surface area contributed by atoms with Crippen LogP contribution in [0.15, 0.2) is 36.7 Å². The Morgan fingerprint density at radius 1 is 0.931 bits per heavy atom. The Kier molecular flexibility index (Phi) is 6.85. The molecule has 6 nitrogen and oxygen atoms in total. The van der Waals surface area contributed by atoms with E-state index in [2.05, 4.69) is 30.3 Å². The van der Waals surface area contributed by atoms with Crippen molar-refractivity contribution < 1.29 is 4.79 Å². The number of nitrogens with zero attached hydrogens (tertiary/aromatic N) is 5. The van der Waals surface area contributed by atoms with Crippen molar-refractivity contribution >= 4 is 17.5 Å². The van der Waals surface area contributed by atoms with E-state index < -0.39 is 0 Å². The first-order chi connectivity index (χ1) is 14.2. The highest BCUT2D eigenvalue weighted by Gasteiger charge is 2.22. The average molecular weight is 416 g/mol. The maximum absolute atomic E-state index is 12.6. The molecule has 2 aliphatic rings. The third-order valence-corrected chi connectivity index (χ3v) is 6.22. The lowest BCUT2D eigenvalue weighted by Gasteiger charge is -2.29. The summed E-state index contributed by atoms with van der Waals surface area (Å²) in [6.07, 6.45) is 8.24. The standard InChI is InChI=1S/C22H30ClN5O/c23-19-6-7-21(24-17-19)28-11-4-5-20(28)18-26-12-8-22(29)27(16-14-26)15-13-25-9-2-1-3-10-25/h4-7,11,17H,1-3,8-10,12-16,18H2. The molecule has 1 amide bonds. The summed E-state index contributed by atoms with van der Waals surface area (Å²) in [4.78, 5) is 24.0. The minimum atomic E-state index is 0.291. The quantitative estimate of drug-likeness (QED) is 0.727. The van der Waals surface area contributed by atoms with E-state index in [0.29, 0.717) is 17.4 Å². The first-order valence-corrected chi connectivity index (χ1v) is 11.1. The summed E-state index contributed by atoms with van der Waals surface area (Å²) in [5.41, 5.74) is 1.18. The summed E-state index contributed by atoms with van der Waals surface area (Å²) in [7, 11) is 0. The third kappa shape index (κ3) is 5.38. The van der Waals surface area contributed by atoms with Crippen LogP contribution < -0.4 is 0 Å². The number of likely N-dealkylation sites (tertiary alicyclic amines) is 1.